The van der Waals surface area contributed by atoms with Crippen molar-refractivity contribution in [2.24, 2.45) is 0 Å². The third-order valence-corrected chi connectivity index (χ3v) is 11.3. The third-order valence-electron chi connectivity index (χ3n) is 7.37. The van der Waals surface area contributed by atoms with Gasteiger partial charge in [-0.15, -0.1) is 0 Å². The number of carbonyl (C=O) groups is 2. The average molecular weight is 552 g/mol. The first kappa shape index (κ1) is 25.3. The molecule has 0 saturated carbocycles. The lowest BCUT2D eigenvalue weighted by Crippen LogP contribution is -2.77. The zero-order valence-corrected chi connectivity index (χ0v) is 22.6. The predicted molar refractivity (Wildman–Crippen MR) is 139 cm³/mol. The van der Waals surface area contributed by atoms with Crippen molar-refractivity contribution in [3.8, 4) is 11.5 Å². The van der Waals surface area contributed by atoms with Gasteiger partial charge in [0.1, 0.15) is 12.3 Å². The largest absolute Gasteiger partial charge is 0.491 e. The Bertz CT molecular complexity index is 1230. The second-order valence-corrected chi connectivity index (χ2v) is 12.2. The lowest BCUT2D eigenvalue weighted by molar-refractivity contribution is -0.166. The summed E-state index contributed by atoms with van der Waals surface area (Å²) in [5.74, 6) is -0.232. The maximum atomic E-state index is 13.6. The molecule has 5 heterocycles. The van der Waals surface area contributed by atoms with Crippen molar-refractivity contribution in [1.82, 2.24) is 9.80 Å². The summed E-state index contributed by atoms with van der Waals surface area (Å²) in [6.07, 6.45) is -2.63. The number of ether oxygens (including phenoxy) is 2. The summed E-state index contributed by atoms with van der Waals surface area (Å²) in [4.78, 5) is 28.5. The summed E-state index contributed by atoms with van der Waals surface area (Å²) < 4.78 is 10.9. The molecule has 0 radical (unpaired) electrons. The monoisotopic (exact) mass is 551 g/mol. The number of hydrogen-bond donors (Lipinski definition) is 2. The minimum absolute atomic E-state index is 0.179. The molecule has 0 aromatic heterocycles. The van der Waals surface area contributed by atoms with Crippen LogP contribution in [0.15, 0.2) is 42.5 Å². The quantitative estimate of drug-likeness (QED) is 0.545. The summed E-state index contributed by atoms with van der Waals surface area (Å²) in [5.41, 5.74) is -1.25. The molecule has 5 aliphatic heterocycles. The lowest BCUT2D eigenvalue weighted by Gasteiger charge is -2.58. The van der Waals surface area contributed by atoms with Crippen LogP contribution in [0, 0.1) is 0 Å². The van der Waals surface area contributed by atoms with Crippen molar-refractivity contribution >= 4 is 50.7 Å². The molecule has 5 atom stereocenters. The van der Waals surface area contributed by atoms with E-state index in [0.29, 0.717) is 5.69 Å². The summed E-state index contributed by atoms with van der Waals surface area (Å²) >= 11 is 6.39. The molecule has 2 aromatic rings. The molecule has 36 heavy (non-hydrogen) atoms. The lowest BCUT2D eigenvalue weighted by atomic mass is 9.87. The molecule has 4 fully saturated rings. The SMILES string of the molecule is COc1c(Cl)cc2c(c1OC)N(C)[C@@H]1N3C(=O)[C@@]4(C)SSC3(C(=O)N4C)[C@H](O)[C@]21O.c1ccccc1. The number of fused-ring (bicyclic) bond motifs is 5. The molecule has 2 aromatic carbocycles. The number of nitrogens with zero attached hydrogens (tertiary/aromatic N) is 3. The van der Waals surface area contributed by atoms with Crippen LogP contribution in [-0.4, -0.2) is 82.2 Å². The number of methoxy groups -OCH3 is 2. The van der Waals surface area contributed by atoms with Crippen molar-refractivity contribution in [1.29, 1.82) is 0 Å². The van der Waals surface area contributed by atoms with Crippen LogP contribution in [0.5, 0.6) is 11.5 Å². The summed E-state index contributed by atoms with van der Waals surface area (Å²) in [6, 6.07) is 13.5. The van der Waals surface area contributed by atoms with Crippen molar-refractivity contribution in [2.75, 3.05) is 33.2 Å². The Labute approximate surface area is 221 Å². The van der Waals surface area contributed by atoms with E-state index in [-0.39, 0.29) is 28.0 Å². The first-order valence-corrected chi connectivity index (χ1v) is 13.6. The number of benzene rings is 2. The van der Waals surface area contributed by atoms with E-state index in [0.717, 1.165) is 10.8 Å². The Morgan fingerprint density at radius 3 is 2.06 bits per heavy atom. The molecule has 0 aliphatic carbocycles. The topological polar surface area (TPSA) is 103 Å². The van der Waals surface area contributed by atoms with Gasteiger partial charge in [-0.2, -0.15) is 0 Å². The first-order valence-electron chi connectivity index (χ1n) is 11.1. The fourth-order valence-corrected chi connectivity index (χ4v) is 9.30. The van der Waals surface area contributed by atoms with Crippen LogP contribution in [0.25, 0.3) is 0 Å². The number of rotatable bonds is 2. The van der Waals surface area contributed by atoms with E-state index in [1.54, 1.807) is 25.9 Å². The maximum absolute atomic E-state index is 13.6. The maximum Gasteiger partial charge on any atom is 0.264 e. The molecular formula is C24H26ClN3O6S2. The van der Waals surface area contributed by atoms with Gasteiger partial charge in [0, 0.05) is 19.7 Å². The van der Waals surface area contributed by atoms with E-state index in [9.17, 15) is 19.8 Å². The Balaban J connectivity index is 0.000000391. The number of piperazine rings is 1. The van der Waals surface area contributed by atoms with Crippen molar-refractivity contribution in [3.05, 3.63) is 53.1 Å². The van der Waals surface area contributed by atoms with Gasteiger partial charge >= 0.3 is 0 Å². The molecule has 192 valence electrons. The van der Waals surface area contributed by atoms with Crippen LogP contribution >= 0.6 is 33.2 Å². The Kier molecular flexibility index (Phi) is 5.88. The highest BCUT2D eigenvalue weighted by Crippen LogP contribution is 2.69. The molecule has 1 spiro atoms. The fraction of sp³-hybridized carbons (Fsp3) is 0.417. The molecule has 1 unspecified atom stereocenters. The molecular weight excluding hydrogens is 526 g/mol. The number of likely N-dealkylation sites (N-methyl/N-ethyl adjacent to an activating group) is 2. The molecule has 2 bridgehead atoms. The van der Waals surface area contributed by atoms with Crippen LogP contribution in [0.1, 0.15) is 12.5 Å². The van der Waals surface area contributed by atoms with Crippen molar-refractivity contribution < 1.29 is 29.3 Å². The normalized spacial score (nSPS) is 33.6. The molecule has 12 heteroatoms. The van der Waals surface area contributed by atoms with E-state index in [2.05, 4.69) is 0 Å². The van der Waals surface area contributed by atoms with Crippen molar-refractivity contribution in [2.45, 2.75) is 34.5 Å². The second kappa shape index (κ2) is 8.35. The molecule has 4 saturated heterocycles. The van der Waals surface area contributed by atoms with E-state index in [1.807, 2.05) is 36.4 Å². The van der Waals surface area contributed by atoms with Gasteiger partial charge in [-0.1, -0.05) is 58.8 Å². The van der Waals surface area contributed by atoms with Crippen LogP contribution < -0.4 is 14.4 Å². The Morgan fingerprint density at radius 2 is 1.53 bits per heavy atom. The van der Waals surface area contributed by atoms with E-state index >= 15 is 0 Å². The summed E-state index contributed by atoms with van der Waals surface area (Å²) in [5, 5.41) is 23.6. The minimum atomic E-state index is -1.97. The molecule has 9 nitrogen and oxygen atoms in total. The first-order chi connectivity index (χ1) is 17.0. The number of hydrogen-bond acceptors (Lipinski definition) is 9. The second-order valence-electron chi connectivity index (χ2n) is 9.07. The minimum Gasteiger partial charge on any atom is -0.491 e. The van der Waals surface area contributed by atoms with Gasteiger partial charge in [0.05, 0.1) is 24.9 Å². The van der Waals surface area contributed by atoms with Crippen LogP contribution in [0.2, 0.25) is 5.02 Å². The van der Waals surface area contributed by atoms with Gasteiger partial charge in [0.25, 0.3) is 11.8 Å². The third kappa shape index (κ3) is 2.83. The Morgan fingerprint density at radius 1 is 0.972 bits per heavy atom. The molecule has 2 N–H and O–H groups in total. The number of anilines is 1. The zero-order chi connectivity index (χ0) is 26.2. The average Bonchev–Trinajstić information content (AvgIpc) is 3.23. The van der Waals surface area contributed by atoms with E-state index in [4.69, 9.17) is 21.1 Å². The van der Waals surface area contributed by atoms with E-state index < -0.39 is 33.5 Å². The van der Waals surface area contributed by atoms with Gasteiger partial charge in [-0.25, -0.2) is 0 Å². The zero-order valence-electron chi connectivity index (χ0n) is 20.3. The van der Waals surface area contributed by atoms with Gasteiger partial charge < -0.3 is 29.5 Å². The highest BCUT2D eigenvalue weighted by atomic mass is 35.5. The van der Waals surface area contributed by atoms with Crippen LogP contribution in [0.3, 0.4) is 0 Å². The highest BCUT2D eigenvalue weighted by Gasteiger charge is 2.82. The van der Waals surface area contributed by atoms with Crippen molar-refractivity contribution in [3.63, 3.8) is 0 Å². The highest BCUT2D eigenvalue weighted by molar-refractivity contribution is 8.78. The molecule has 5 aliphatic rings. The fourth-order valence-electron chi connectivity index (χ4n) is 5.49. The van der Waals surface area contributed by atoms with Gasteiger partial charge in [-0.05, 0) is 23.8 Å². The van der Waals surface area contributed by atoms with Gasteiger partial charge in [-0.3, -0.25) is 14.5 Å². The Hall–Kier alpha value is -2.31. The number of halogens is 1. The van der Waals surface area contributed by atoms with Crippen LogP contribution in [-0.2, 0) is 15.2 Å². The summed E-state index contributed by atoms with van der Waals surface area (Å²) in [6.45, 7) is 1.67. The summed E-state index contributed by atoms with van der Waals surface area (Å²) in [7, 11) is 8.43. The van der Waals surface area contributed by atoms with Gasteiger partial charge in [0.15, 0.2) is 22.0 Å². The van der Waals surface area contributed by atoms with E-state index in [1.165, 1.54) is 40.9 Å². The number of amides is 2. The van der Waals surface area contributed by atoms with Gasteiger partial charge in [0.2, 0.25) is 4.87 Å². The smallest absolute Gasteiger partial charge is 0.264 e. The molecule has 7 rings (SSSR count). The number of aliphatic hydroxyl groups is 2. The standard InChI is InChI=1S/C18H20ClN3O6S2.C6H6/c1-16-14(24)22-13-17(26,12(23)18(22,30-29-16)15(25)21(16)3)7-6-8(19)10(27-4)11(28-5)9(7)20(13)2;1-2-4-6-5-3-1/h6,12-13,23,26H,1-5H3;1-6H/t12-,13-,16-,17-,18?;/m1./s1. The number of aliphatic hydroxyl groups excluding tert-OH is 1. The predicted octanol–water partition coefficient (Wildman–Crippen LogP) is 2.49. The number of carbonyl (C=O) groups excluding carboxylic acids is 2. The molecule has 2 amide bonds. The van der Waals surface area contributed by atoms with Crippen LogP contribution in [0.4, 0.5) is 5.69 Å².